The van der Waals surface area contributed by atoms with Crippen molar-refractivity contribution in [3.63, 3.8) is 0 Å². The van der Waals surface area contributed by atoms with Gasteiger partial charge >= 0.3 is 0 Å². The highest BCUT2D eigenvalue weighted by Crippen LogP contribution is 2.30. The molecule has 3 rings (SSSR count). The van der Waals surface area contributed by atoms with Crippen molar-refractivity contribution < 1.29 is 9.32 Å². The normalized spacial score (nSPS) is 17.3. The van der Waals surface area contributed by atoms with Gasteiger partial charge < -0.3 is 14.7 Å². The van der Waals surface area contributed by atoms with Crippen LogP contribution in [0.2, 0.25) is 0 Å². The highest BCUT2D eigenvalue weighted by molar-refractivity contribution is 5.73. The summed E-state index contributed by atoms with van der Waals surface area (Å²) < 4.78 is 5.41. The molecule has 0 aliphatic carbocycles. The van der Waals surface area contributed by atoms with Gasteiger partial charge in [-0.3, -0.25) is 4.79 Å². The Morgan fingerprint density at radius 2 is 2.16 bits per heavy atom. The number of carbonyl (C=O) groups is 1. The van der Waals surface area contributed by atoms with E-state index in [1.807, 2.05) is 13.8 Å². The standard InChI is InChI=1S/C19H26N4O2/c1-13-9-10-15-7-5-6-8-16(15)23(13)12-11-17-20-18(22-25-17)19(3,4)21-14(2)24/h5-8,13H,9-12H2,1-4H3,(H,21,24). The smallest absolute Gasteiger partial charge is 0.228 e. The molecule has 6 nitrogen and oxygen atoms in total. The molecular weight excluding hydrogens is 316 g/mol. The number of para-hydroxylation sites is 1. The second-order valence-electron chi connectivity index (χ2n) is 7.28. The number of carbonyl (C=O) groups excluding carboxylic acids is 1. The van der Waals surface area contributed by atoms with Crippen LogP contribution < -0.4 is 10.2 Å². The minimum absolute atomic E-state index is 0.116. The molecule has 0 radical (unpaired) electrons. The van der Waals surface area contributed by atoms with Crippen LogP contribution in [0.1, 0.15) is 51.4 Å². The topological polar surface area (TPSA) is 71.3 Å². The summed E-state index contributed by atoms with van der Waals surface area (Å²) in [6.07, 6.45) is 2.97. The molecule has 1 amide bonds. The first kappa shape index (κ1) is 17.5. The van der Waals surface area contributed by atoms with Gasteiger partial charge in [0.15, 0.2) is 5.82 Å². The van der Waals surface area contributed by atoms with E-state index in [0.717, 1.165) is 19.4 Å². The van der Waals surface area contributed by atoms with Gasteiger partial charge in [-0.1, -0.05) is 23.4 Å². The third-order valence-corrected chi connectivity index (χ3v) is 4.75. The molecule has 134 valence electrons. The number of anilines is 1. The predicted molar refractivity (Wildman–Crippen MR) is 96.4 cm³/mol. The second kappa shape index (κ2) is 6.86. The summed E-state index contributed by atoms with van der Waals surface area (Å²) >= 11 is 0. The largest absolute Gasteiger partial charge is 0.368 e. The van der Waals surface area contributed by atoms with Gasteiger partial charge in [-0.25, -0.2) is 0 Å². The van der Waals surface area contributed by atoms with E-state index in [9.17, 15) is 4.79 Å². The van der Waals surface area contributed by atoms with E-state index in [0.29, 0.717) is 24.2 Å². The number of fused-ring (bicyclic) bond motifs is 1. The predicted octanol–water partition coefficient (Wildman–Crippen LogP) is 2.82. The molecule has 25 heavy (non-hydrogen) atoms. The van der Waals surface area contributed by atoms with Crippen LogP contribution in [-0.2, 0) is 23.2 Å². The Hall–Kier alpha value is -2.37. The molecule has 2 aromatic rings. The van der Waals surface area contributed by atoms with E-state index in [4.69, 9.17) is 4.52 Å². The van der Waals surface area contributed by atoms with Crippen LogP contribution >= 0.6 is 0 Å². The Kier molecular flexibility index (Phi) is 4.79. The van der Waals surface area contributed by atoms with Crippen molar-refractivity contribution in [3.8, 4) is 0 Å². The van der Waals surface area contributed by atoms with E-state index in [1.54, 1.807) is 0 Å². The Balaban J connectivity index is 1.70. The second-order valence-corrected chi connectivity index (χ2v) is 7.28. The maximum Gasteiger partial charge on any atom is 0.228 e. The Bertz CT molecular complexity index is 753. The summed E-state index contributed by atoms with van der Waals surface area (Å²) in [4.78, 5) is 18.2. The van der Waals surface area contributed by atoms with Gasteiger partial charge in [-0.05, 0) is 45.2 Å². The van der Waals surface area contributed by atoms with Crippen molar-refractivity contribution in [1.29, 1.82) is 0 Å². The molecule has 1 aliphatic heterocycles. The first-order valence-electron chi connectivity index (χ1n) is 8.83. The molecule has 2 heterocycles. The van der Waals surface area contributed by atoms with Crippen molar-refractivity contribution in [3.05, 3.63) is 41.5 Å². The molecule has 0 saturated carbocycles. The molecule has 0 fully saturated rings. The number of benzene rings is 1. The quantitative estimate of drug-likeness (QED) is 0.905. The minimum Gasteiger partial charge on any atom is -0.368 e. The van der Waals surface area contributed by atoms with Gasteiger partial charge in [0, 0.05) is 31.6 Å². The lowest BCUT2D eigenvalue weighted by atomic mass is 9.96. The number of hydrogen-bond acceptors (Lipinski definition) is 5. The molecule has 1 N–H and O–H groups in total. The lowest BCUT2D eigenvalue weighted by Crippen LogP contribution is -2.40. The van der Waals surface area contributed by atoms with Gasteiger partial charge in [-0.2, -0.15) is 4.98 Å². The molecule has 1 atom stereocenters. The van der Waals surface area contributed by atoms with Crippen molar-refractivity contribution >= 4 is 11.6 Å². The van der Waals surface area contributed by atoms with Crippen LogP contribution in [0.3, 0.4) is 0 Å². The number of aryl methyl sites for hydroxylation is 1. The molecular formula is C19H26N4O2. The third kappa shape index (κ3) is 3.83. The number of nitrogens with one attached hydrogen (secondary N) is 1. The molecule has 1 aromatic heterocycles. The van der Waals surface area contributed by atoms with Gasteiger partial charge in [0.2, 0.25) is 11.8 Å². The fourth-order valence-electron chi connectivity index (χ4n) is 3.42. The van der Waals surface area contributed by atoms with Gasteiger partial charge in [0.1, 0.15) is 0 Å². The Labute approximate surface area is 148 Å². The van der Waals surface area contributed by atoms with Crippen LogP contribution in [0, 0.1) is 0 Å². The number of aromatic nitrogens is 2. The van der Waals surface area contributed by atoms with Crippen molar-refractivity contribution in [2.24, 2.45) is 0 Å². The number of hydrogen-bond donors (Lipinski definition) is 1. The van der Waals surface area contributed by atoms with Gasteiger partial charge in [0.25, 0.3) is 0 Å². The Morgan fingerprint density at radius 3 is 2.92 bits per heavy atom. The zero-order valence-electron chi connectivity index (χ0n) is 15.4. The van der Waals surface area contributed by atoms with Gasteiger partial charge in [0.05, 0.1) is 5.54 Å². The monoisotopic (exact) mass is 342 g/mol. The van der Waals surface area contributed by atoms with Crippen LogP contribution in [0.15, 0.2) is 28.8 Å². The van der Waals surface area contributed by atoms with Crippen molar-refractivity contribution in [1.82, 2.24) is 15.5 Å². The zero-order valence-corrected chi connectivity index (χ0v) is 15.4. The SMILES string of the molecule is CC(=O)NC(C)(C)c1noc(CCN2c3ccccc3CCC2C)n1. The zero-order chi connectivity index (χ0) is 18.0. The highest BCUT2D eigenvalue weighted by atomic mass is 16.5. The lowest BCUT2D eigenvalue weighted by Gasteiger charge is -2.36. The van der Waals surface area contributed by atoms with Gasteiger partial charge in [-0.15, -0.1) is 0 Å². The highest BCUT2D eigenvalue weighted by Gasteiger charge is 2.28. The van der Waals surface area contributed by atoms with Crippen molar-refractivity contribution in [2.45, 2.75) is 58.5 Å². The molecule has 0 saturated heterocycles. The molecule has 1 unspecified atom stereocenters. The fourth-order valence-corrected chi connectivity index (χ4v) is 3.42. The average Bonchev–Trinajstić information content (AvgIpc) is 3.03. The summed E-state index contributed by atoms with van der Waals surface area (Å²) in [7, 11) is 0. The average molecular weight is 342 g/mol. The number of amides is 1. The fraction of sp³-hybridized carbons (Fsp3) is 0.526. The molecule has 0 spiro atoms. The summed E-state index contributed by atoms with van der Waals surface area (Å²) in [5, 5.41) is 6.89. The molecule has 1 aliphatic rings. The van der Waals surface area contributed by atoms with Crippen LogP contribution in [-0.4, -0.2) is 28.6 Å². The minimum atomic E-state index is -0.640. The summed E-state index contributed by atoms with van der Waals surface area (Å²) in [6.45, 7) is 8.31. The molecule has 0 bridgehead atoms. The Morgan fingerprint density at radius 1 is 1.40 bits per heavy atom. The van der Waals surface area contributed by atoms with E-state index in [-0.39, 0.29) is 5.91 Å². The first-order valence-corrected chi connectivity index (χ1v) is 8.83. The lowest BCUT2D eigenvalue weighted by molar-refractivity contribution is -0.120. The first-order chi connectivity index (χ1) is 11.9. The maximum atomic E-state index is 11.3. The van der Waals surface area contributed by atoms with E-state index >= 15 is 0 Å². The van der Waals surface area contributed by atoms with Crippen LogP contribution in [0.5, 0.6) is 0 Å². The van der Waals surface area contributed by atoms with E-state index in [1.165, 1.54) is 18.2 Å². The number of rotatable bonds is 5. The summed E-state index contributed by atoms with van der Waals surface area (Å²) in [5.41, 5.74) is 2.07. The molecule has 6 heteroatoms. The van der Waals surface area contributed by atoms with E-state index < -0.39 is 5.54 Å². The van der Waals surface area contributed by atoms with Crippen LogP contribution in [0.4, 0.5) is 5.69 Å². The third-order valence-electron chi connectivity index (χ3n) is 4.75. The summed E-state index contributed by atoms with van der Waals surface area (Å²) in [6, 6.07) is 9.07. The maximum absolute atomic E-state index is 11.3. The van der Waals surface area contributed by atoms with Crippen LogP contribution in [0.25, 0.3) is 0 Å². The molecule has 1 aromatic carbocycles. The number of nitrogens with zero attached hydrogens (tertiary/aromatic N) is 3. The van der Waals surface area contributed by atoms with E-state index in [2.05, 4.69) is 51.5 Å². The van der Waals surface area contributed by atoms with Crippen molar-refractivity contribution in [2.75, 3.05) is 11.4 Å². The summed E-state index contributed by atoms with van der Waals surface area (Å²) in [5.74, 6) is 0.989.